The Kier molecular flexibility index (Phi) is 8.56. The van der Waals surface area contributed by atoms with Crippen molar-refractivity contribution in [1.29, 1.82) is 0 Å². The van der Waals surface area contributed by atoms with Crippen molar-refractivity contribution in [3.8, 4) is 0 Å². The summed E-state index contributed by atoms with van der Waals surface area (Å²) in [6.45, 7) is 6.42. The molecule has 1 aliphatic heterocycles. The normalized spacial score (nSPS) is 18.7. The zero-order valence-corrected chi connectivity index (χ0v) is 16.6. The predicted molar refractivity (Wildman–Crippen MR) is 106 cm³/mol. The first-order chi connectivity index (χ1) is 11.6. The molecule has 6 nitrogen and oxygen atoms in total. The number of aliphatic hydroxyl groups is 1. The monoisotopic (exact) mass is 400 g/mol. The van der Waals surface area contributed by atoms with Crippen LogP contribution in [0.15, 0.2) is 30.5 Å². The van der Waals surface area contributed by atoms with E-state index >= 15 is 0 Å². The maximum Gasteiger partial charge on any atom is 0.253 e. The van der Waals surface area contributed by atoms with Crippen molar-refractivity contribution in [1.82, 2.24) is 20.2 Å². The number of nitrogens with one attached hydrogen (secondary N) is 2. The number of rotatable bonds is 5. The minimum absolute atomic E-state index is 0. The summed E-state index contributed by atoms with van der Waals surface area (Å²) in [5.41, 5.74) is 3.61. The summed E-state index contributed by atoms with van der Waals surface area (Å²) >= 11 is 0. The van der Waals surface area contributed by atoms with Gasteiger partial charge in [0.1, 0.15) is 0 Å². The van der Waals surface area contributed by atoms with Crippen LogP contribution in [0.5, 0.6) is 0 Å². The Morgan fingerprint density at radius 3 is 2.73 bits per heavy atom. The molecule has 1 saturated heterocycles. The first-order valence-electron chi connectivity index (χ1n) is 8.30. The van der Waals surface area contributed by atoms with Crippen LogP contribution in [0.1, 0.15) is 27.4 Å². The lowest BCUT2D eigenvalue weighted by atomic mass is 10.1. The standard InChI is InChI=1S/C18H24N4O2.2ClH/c1-12-7-16(18(24)21-9-14-8-19-10-17(14)23)13(2)22(12)11-15-5-3-4-6-20-15;;/h3-7,14,17,19,23H,8-11H2,1-2H3,(H,21,24);2*1H. The molecular formula is C18H26Cl2N4O2. The minimum atomic E-state index is -0.387. The zero-order valence-electron chi connectivity index (χ0n) is 14.9. The van der Waals surface area contributed by atoms with Gasteiger partial charge in [-0.15, -0.1) is 24.8 Å². The van der Waals surface area contributed by atoms with Crippen LogP contribution in [0, 0.1) is 19.8 Å². The summed E-state index contributed by atoms with van der Waals surface area (Å²) < 4.78 is 2.10. The fourth-order valence-corrected chi connectivity index (χ4v) is 3.17. The first-order valence-corrected chi connectivity index (χ1v) is 8.30. The molecule has 2 atom stereocenters. The minimum Gasteiger partial charge on any atom is -0.391 e. The van der Waals surface area contributed by atoms with E-state index in [1.54, 1.807) is 6.20 Å². The Morgan fingerprint density at radius 1 is 1.35 bits per heavy atom. The number of carbonyl (C=O) groups excluding carboxylic acids is 1. The van der Waals surface area contributed by atoms with Crippen molar-refractivity contribution in [2.75, 3.05) is 19.6 Å². The smallest absolute Gasteiger partial charge is 0.253 e. The van der Waals surface area contributed by atoms with Gasteiger partial charge in [-0.25, -0.2) is 0 Å². The highest BCUT2D eigenvalue weighted by Crippen LogP contribution is 2.17. The molecule has 0 aliphatic carbocycles. The molecule has 0 radical (unpaired) electrons. The summed E-state index contributed by atoms with van der Waals surface area (Å²) in [6, 6.07) is 7.75. The Labute approximate surface area is 166 Å². The number of aliphatic hydroxyl groups excluding tert-OH is 1. The molecule has 0 saturated carbocycles. The zero-order chi connectivity index (χ0) is 17.1. The molecule has 1 amide bonds. The van der Waals surface area contributed by atoms with Crippen LogP contribution in [0.25, 0.3) is 0 Å². The van der Waals surface area contributed by atoms with Gasteiger partial charge in [0.2, 0.25) is 0 Å². The van der Waals surface area contributed by atoms with Crippen LogP contribution < -0.4 is 10.6 Å². The number of hydrogen-bond acceptors (Lipinski definition) is 4. The van der Waals surface area contributed by atoms with Gasteiger partial charge < -0.3 is 20.3 Å². The number of pyridine rings is 1. The Morgan fingerprint density at radius 2 is 2.12 bits per heavy atom. The molecule has 3 heterocycles. The fourth-order valence-electron chi connectivity index (χ4n) is 3.17. The van der Waals surface area contributed by atoms with E-state index in [-0.39, 0.29) is 42.7 Å². The maximum absolute atomic E-state index is 12.5. The number of nitrogens with zero attached hydrogens (tertiary/aromatic N) is 2. The van der Waals surface area contributed by atoms with Crippen molar-refractivity contribution >= 4 is 30.7 Å². The topological polar surface area (TPSA) is 79.2 Å². The van der Waals surface area contributed by atoms with Gasteiger partial charge >= 0.3 is 0 Å². The molecule has 1 fully saturated rings. The van der Waals surface area contributed by atoms with Gasteiger partial charge in [0.15, 0.2) is 0 Å². The van der Waals surface area contributed by atoms with E-state index in [1.165, 1.54) is 0 Å². The molecule has 0 aromatic carbocycles. The summed E-state index contributed by atoms with van der Waals surface area (Å²) in [7, 11) is 0. The molecule has 2 aromatic rings. The maximum atomic E-state index is 12.5. The number of carbonyl (C=O) groups is 1. The molecule has 144 valence electrons. The highest BCUT2D eigenvalue weighted by atomic mass is 35.5. The van der Waals surface area contributed by atoms with Crippen LogP contribution in [0.2, 0.25) is 0 Å². The van der Waals surface area contributed by atoms with Crippen molar-refractivity contribution in [2.24, 2.45) is 5.92 Å². The van der Waals surface area contributed by atoms with Crippen molar-refractivity contribution in [3.05, 3.63) is 53.1 Å². The van der Waals surface area contributed by atoms with Crippen LogP contribution in [0.4, 0.5) is 0 Å². The Hall–Kier alpha value is -1.60. The Balaban J connectivity index is 0.00000169. The van der Waals surface area contributed by atoms with E-state index < -0.39 is 0 Å². The molecular weight excluding hydrogens is 375 g/mol. The lowest BCUT2D eigenvalue weighted by molar-refractivity contribution is 0.0926. The van der Waals surface area contributed by atoms with E-state index in [0.717, 1.165) is 23.6 Å². The summed E-state index contributed by atoms with van der Waals surface area (Å²) in [6.07, 6.45) is 1.39. The van der Waals surface area contributed by atoms with Gasteiger partial charge in [0.25, 0.3) is 5.91 Å². The van der Waals surface area contributed by atoms with Gasteiger partial charge in [0, 0.05) is 43.1 Å². The SMILES string of the molecule is Cc1cc(C(=O)NCC2CNCC2O)c(C)n1Cc1ccccn1.Cl.Cl. The molecule has 2 unspecified atom stereocenters. The van der Waals surface area contributed by atoms with Gasteiger partial charge in [-0.2, -0.15) is 0 Å². The second-order valence-electron chi connectivity index (χ2n) is 6.39. The highest BCUT2D eigenvalue weighted by molar-refractivity contribution is 5.95. The molecule has 8 heteroatoms. The second kappa shape index (κ2) is 9.92. The van der Waals surface area contributed by atoms with E-state index in [1.807, 2.05) is 38.1 Å². The summed E-state index contributed by atoms with van der Waals surface area (Å²) in [5, 5.41) is 15.9. The van der Waals surface area contributed by atoms with E-state index in [0.29, 0.717) is 25.2 Å². The molecule has 26 heavy (non-hydrogen) atoms. The molecule has 3 N–H and O–H groups in total. The van der Waals surface area contributed by atoms with Gasteiger partial charge in [0.05, 0.1) is 23.9 Å². The van der Waals surface area contributed by atoms with Gasteiger partial charge in [-0.1, -0.05) is 6.07 Å². The van der Waals surface area contributed by atoms with Crippen LogP contribution in [0.3, 0.4) is 0 Å². The number of β-amino-alcohol motifs (C(OH)–C–C–N with tert-alkyl or cyclic N) is 1. The van der Waals surface area contributed by atoms with Crippen LogP contribution >= 0.6 is 24.8 Å². The van der Waals surface area contributed by atoms with Gasteiger partial charge in [-0.3, -0.25) is 9.78 Å². The third-order valence-electron chi connectivity index (χ3n) is 4.69. The van der Waals surface area contributed by atoms with Crippen LogP contribution in [-0.4, -0.2) is 46.3 Å². The number of hydrogen-bond donors (Lipinski definition) is 3. The average Bonchev–Trinajstić information content (AvgIpc) is 3.11. The Bertz CT molecular complexity index is 721. The van der Waals surface area contributed by atoms with E-state index in [9.17, 15) is 9.90 Å². The highest BCUT2D eigenvalue weighted by Gasteiger charge is 2.25. The lowest BCUT2D eigenvalue weighted by Crippen LogP contribution is -2.34. The second-order valence-corrected chi connectivity index (χ2v) is 6.39. The number of halogens is 2. The fraction of sp³-hybridized carbons (Fsp3) is 0.444. The van der Waals surface area contributed by atoms with E-state index in [4.69, 9.17) is 0 Å². The van der Waals surface area contributed by atoms with Gasteiger partial charge in [-0.05, 0) is 32.0 Å². The molecule has 2 aromatic heterocycles. The van der Waals surface area contributed by atoms with E-state index in [2.05, 4.69) is 20.2 Å². The summed E-state index contributed by atoms with van der Waals surface area (Å²) in [4.78, 5) is 16.9. The molecule has 0 spiro atoms. The number of aryl methyl sites for hydroxylation is 1. The van der Waals surface area contributed by atoms with Crippen molar-refractivity contribution in [3.63, 3.8) is 0 Å². The quantitative estimate of drug-likeness (QED) is 0.713. The third-order valence-corrected chi connectivity index (χ3v) is 4.69. The summed E-state index contributed by atoms with van der Waals surface area (Å²) in [5.74, 6) is -0.0135. The molecule has 1 aliphatic rings. The molecule has 3 rings (SSSR count). The lowest BCUT2D eigenvalue weighted by Gasteiger charge is -2.14. The average molecular weight is 401 g/mol. The first kappa shape index (κ1) is 22.4. The number of aromatic nitrogens is 2. The molecule has 0 bridgehead atoms. The van der Waals surface area contributed by atoms with Crippen LogP contribution in [-0.2, 0) is 6.54 Å². The predicted octanol–water partition coefficient (Wildman–Crippen LogP) is 1.70. The number of amides is 1. The largest absolute Gasteiger partial charge is 0.391 e. The third kappa shape index (κ3) is 4.98. The van der Waals surface area contributed by atoms with Crippen molar-refractivity contribution < 1.29 is 9.90 Å². The van der Waals surface area contributed by atoms with Crippen molar-refractivity contribution in [2.45, 2.75) is 26.5 Å².